The summed E-state index contributed by atoms with van der Waals surface area (Å²) >= 11 is 0. The molecule has 0 aliphatic carbocycles. The van der Waals surface area contributed by atoms with Crippen molar-refractivity contribution in [1.29, 1.82) is 0 Å². The minimum Gasteiger partial charge on any atom is -0.481 e. The average Bonchev–Trinajstić information content (AvgIpc) is 2.65. The second-order valence-corrected chi connectivity index (χ2v) is 4.49. The number of para-hydroxylation sites is 1. The van der Waals surface area contributed by atoms with Crippen LogP contribution >= 0.6 is 0 Å². The molecule has 2 aromatic rings. The van der Waals surface area contributed by atoms with Crippen molar-refractivity contribution < 1.29 is 14.3 Å². The van der Waals surface area contributed by atoms with E-state index in [4.69, 9.17) is 9.52 Å². The number of carbonyl (C=O) groups is 1. The summed E-state index contributed by atoms with van der Waals surface area (Å²) in [6.07, 6.45) is 1.76. The normalized spacial score (nSPS) is 17.2. The van der Waals surface area contributed by atoms with Crippen LogP contribution in [0.25, 0.3) is 11.0 Å². The Kier molecular flexibility index (Phi) is 2.37. The smallest absolute Gasteiger partial charge is 0.309 e. The molecule has 2 heterocycles. The molecule has 1 aliphatic heterocycles. The number of hydrogen-bond acceptors (Lipinski definition) is 3. The monoisotopic (exact) mass is 231 g/mol. The Bertz CT molecular complexity index is 555. The Balaban J connectivity index is 1.72. The van der Waals surface area contributed by atoms with Gasteiger partial charge in [-0.2, -0.15) is 0 Å². The number of hydrogen-bond donors (Lipinski definition) is 1. The standard InChI is InChI=1S/C13H13NO3/c15-13(16)9-5-14(6-9)7-10-8-17-12-4-2-1-3-11(10)12/h1-4,8-9H,5-7H2,(H,15,16). The number of likely N-dealkylation sites (tertiary alicyclic amines) is 1. The highest BCUT2D eigenvalue weighted by molar-refractivity contribution is 5.80. The largest absolute Gasteiger partial charge is 0.481 e. The molecule has 0 bridgehead atoms. The zero-order valence-electron chi connectivity index (χ0n) is 9.30. The molecule has 1 aromatic heterocycles. The minimum atomic E-state index is -0.696. The predicted molar refractivity (Wildman–Crippen MR) is 62.6 cm³/mol. The summed E-state index contributed by atoms with van der Waals surface area (Å²) in [4.78, 5) is 12.8. The highest BCUT2D eigenvalue weighted by atomic mass is 16.4. The highest BCUT2D eigenvalue weighted by Gasteiger charge is 2.32. The summed E-state index contributed by atoms with van der Waals surface area (Å²) in [5.41, 5.74) is 2.02. The molecule has 1 aromatic carbocycles. The van der Waals surface area contributed by atoms with Crippen LogP contribution < -0.4 is 0 Å². The molecular formula is C13H13NO3. The lowest BCUT2D eigenvalue weighted by Gasteiger charge is -2.36. The van der Waals surface area contributed by atoms with E-state index in [9.17, 15) is 4.79 Å². The number of carboxylic acid groups (broad SMARTS) is 1. The fourth-order valence-corrected chi connectivity index (χ4v) is 2.25. The number of benzene rings is 1. The van der Waals surface area contributed by atoms with Gasteiger partial charge in [-0.15, -0.1) is 0 Å². The Morgan fingerprint density at radius 1 is 1.41 bits per heavy atom. The van der Waals surface area contributed by atoms with E-state index in [2.05, 4.69) is 4.90 Å². The molecule has 1 aliphatic rings. The summed E-state index contributed by atoms with van der Waals surface area (Å²) in [5, 5.41) is 9.92. The first-order valence-corrected chi connectivity index (χ1v) is 5.64. The summed E-state index contributed by atoms with van der Waals surface area (Å²) < 4.78 is 5.45. The van der Waals surface area contributed by atoms with E-state index in [1.807, 2.05) is 24.3 Å². The molecule has 0 atom stereocenters. The highest BCUT2D eigenvalue weighted by Crippen LogP contribution is 2.25. The molecule has 4 nitrogen and oxygen atoms in total. The molecule has 1 fully saturated rings. The van der Waals surface area contributed by atoms with Crippen LogP contribution in [0.3, 0.4) is 0 Å². The molecule has 0 spiro atoms. The Morgan fingerprint density at radius 2 is 2.18 bits per heavy atom. The van der Waals surface area contributed by atoms with Gasteiger partial charge in [0.2, 0.25) is 0 Å². The van der Waals surface area contributed by atoms with Crippen LogP contribution in [-0.2, 0) is 11.3 Å². The third-order valence-corrected chi connectivity index (χ3v) is 3.26. The van der Waals surface area contributed by atoms with Crippen molar-refractivity contribution in [2.75, 3.05) is 13.1 Å². The maximum atomic E-state index is 10.7. The lowest BCUT2D eigenvalue weighted by atomic mass is 9.99. The van der Waals surface area contributed by atoms with Gasteiger partial charge in [-0.05, 0) is 6.07 Å². The molecule has 17 heavy (non-hydrogen) atoms. The van der Waals surface area contributed by atoms with Gasteiger partial charge in [-0.3, -0.25) is 9.69 Å². The fraction of sp³-hybridized carbons (Fsp3) is 0.308. The molecule has 0 radical (unpaired) electrons. The molecule has 1 saturated heterocycles. The number of rotatable bonds is 3. The number of nitrogens with zero attached hydrogens (tertiary/aromatic N) is 1. The van der Waals surface area contributed by atoms with Crippen LogP contribution in [0, 0.1) is 5.92 Å². The number of carboxylic acids is 1. The van der Waals surface area contributed by atoms with Gasteiger partial charge in [0, 0.05) is 30.6 Å². The predicted octanol–water partition coefficient (Wildman–Crippen LogP) is 1.95. The van der Waals surface area contributed by atoms with Crippen molar-refractivity contribution in [1.82, 2.24) is 4.90 Å². The Morgan fingerprint density at radius 3 is 2.94 bits per heavy atom. The van der Waals surface area contributed by atoms with Crippen molar-refractivity contribution in [3.05, 3.63) is 36.1 Å². The fourth-order valence-electron chi connectivity index (χ4n) is 2.25. The Hall–Kier alpha value is -1.81. The van der Waals surface area contributed by atoms with Crippen LogP contribution in [0.4, 0.5) is 0 Å². The van der Waals surface area contributed by atoms with E-state index in [-0.39, 0.29) is 5.92 Å². The van der Waals surface area contributed by atoms with Crippen LogP contribution in [0.15, 0.2) is 34.9 Å². The second-order valence-electron chi connectivity index (χ2n) is 4.49. The molecule has 0 amide bonds. The van der Waals surface area contributed by atoms with Gasteiger partial charge in [0.05, 0.1) is 12.2 Å². The third-order valence-electron chi connectivity index (χ3n) is 3.26. The summed E-state index contributed by atoms with van der Waals surface area (Å²) in [5.74, 6) is -0.897. The second kappa shape index (κ2) is 3.89. The maximum Gasteiger partial charge on any atom is 0.309 e. The zero-order chi connectivity index (χ0) is 11.8. The first-order valence-electron chi connectivity index (χ1n) is 5.64. The number of fused-ring (bicyclic) bond motifs is 1. The van der Waals surface area contributed by atoms with Gasteiger partial charge < -0.3 is 9.52 Å². The molecule has 88 valence electrons. The van der Waals surface area contributed by atoms with Gasteiger partial charge in [-0.25, -0.2) is 0 Å². The van der Waals surface area contributed by atoms with Crippen molar-refractivity contribution in [2.45, 2.75) is 6.54 Å². The number of aliphatic carboxylic acids is 1. The lowest BCUT2D eigenvalue weighted by molar-refractivity contribution is -0.147. The molecule has 4 heteroatoms. The summed E-state index contributed by atoms with van der Waals surface area (Å²) in [7, 11) is 0. The Labute approximate surface area is 98.4 Å². The van der Waals surface area contributed by atoms with Gasteiger partial charge in [0.15, 0.2) is 0 Å². The third kappa shape index (κ3) is 1.80. The quantitative estimate of drug-likeness (QED) is 0.877. The zero-order valence-corrected chi connectivity index (χ0v) is 9.30. The van der Waals surface area contributed by atoms with E-state index >= 15 is 0 Å². The summed E-state index contributed by atoms with van der Waals surface area (Å²) in [6, 6.07) is 7.90. The van der Waals surface area contributed by atoms with E-state index in [1.165, 1.54) is 0 Å². The minimum absolute atomic E-state index is 0.201. The molecule has 1 N–H and O–H groups in total. The molecule has 0 unspecified atom stereocenters. The van der Waals surface area contributed by atoms with Crippen LogP contribution in [0.2, 0.25) is 0 Å². The SMILES string of the molecule is O=C(O)C1CN(Cc2coc3ccccc23)C1. The molecule has 0 saturated carbocycles. The van der Waals surface area contributed by atoms with Crippen LogP contribution in [0.1, 0.15) is 5.56 Å². The first kappa shape index (κ1) is 10.4. The van der Waals surface area contributed by atoms with E-state index in [0.29, 0.717) is 13.1 Å². The van der Waals surface area contributed by atoms with Crippen molar-refractivity contribution in [2.24, 2.45) is 5.92 Å². The van der Waals surface area contributed by atoms with Crippen molar-refractivity contribution >= 4 is 16.9 Å². The van der Waals surface area contributed by atoms with Crippen molar-refractivity contribution in [3.8, 4) is 0 Å². The summed E-state index contributed by atoms with van der Waals surface area (Å²) in [6.45, 7) is 2.03. The lowest BCUT2D eigenvalue weighted by Crippen LogP contribution is -2.49. The van der Waals surface area contributed by atoms with Gasteiger partial charge in [-0.1, -0.05) is 18.2 Å². The average molecular weight is 231 g/mol. The molecular weight excluding hydrogens is 218 g/mol. The number of furan rings is 1. The van der Waals surface area contributed by atoms with E-state index in [1.54, 1.807) is 6.26 Å². The van der Waals surface area contributed by atoms with Gasteiger partial charge in [0.1, 0.15) is 5.58 Å². The molecule has 3 rings (SSSR count). The van der Waals surface area contributed by atoms with Gasteiger partial charge in [0.25, 0.3) is 0 Å². The van der Waals surface area contributed by atoms with Crippen LogP contribution in [-0.4, -0.2) is 29.1 Å². The first-order chi connectivity index (χ1) is 8.24. The van der Waals surface area contributed by atoms with Crippen molar-refractivity contribution in [3.63, 3.8) is 0 Å². The van der Waals surface area contributed by atoms with E-state index < -0.39 is 5.97 Å². The van der Waals surface area contributed by atoms with Crippen LogP contribution in [0.5, 0.6) is 0 Å². The van der Waals surface area contributed by atoms with Gasteiger partial charge >= 0.3 is 5.97 Å². The maximum absolute atomic E-state index is 10.7. The topological polar surface area (TPSA) is 53.7 Å². The van der Waals surface area contributed by atoms with E-state index in [0.717, 1.165) is 23.1 Å².